The largest absolute Gasteiger partial charge is 0.443 e. The van der Waals surface area contributed by atoms with Crippen molar-refractivity contribution in [2.24, 2.45) is 0 Å². The van der Waals surface area contributed by atoms with Gasteiger partial charge in [0.25, 0.3) is 0 Å². The van der Waals surface area contributed by atoms with Crippen molar-refractivity contribution in [2.45, 2.75) is 33.3 Å². The first-order chi connectivity index (χ1) is 8.63. The van der Waals surface area contributed by atoms with E-state index in [1.54, 1.807) is 27.7 Å². The quantitative estimate of drug-likeness (QED) is 0.607. The molecule has 0 radical (unpaired) electrons. The van der Waals surface area contributed by atoms with Crippen molar-refractivity contribution in [3.05, 3.63) is 27.9 Å². The van der Waals surface area contributed by atoms with Gasteiger partial charge in [0.1, 0.15) is 5.60 Å². The van der Waals surface area contributed by atoms with E-state index in [0.29, 0.717) is 5.56 Å². The molecule has 0 spiro atoms. The first-order valence-corrected chi connectivity index (χ1v) is 5.70. The SMILES string of the molecule is Cc1ccnc(N(C)C(=O)OC(C)(C)C)c1[N+](=O)[O-]. The maximum absolute atomic E-state index is 11.9. The second kappa shape index (κ2) is 5.21. The van der Waals surface area contributed by atoms with Gasteiger partial charge in [-0.1, -0.05) is 0 Å². The average molecular weight is 267 g/mol. The third-order valence-electron chi connectivity index (χ3n) is 2.27. The normalized spacial score (nSPS) is 11.0. The molecule has 0 aliphatic carbocycles. The Balaban J connectivity index is 3.13. The summed E-state index contributed by atoms with van der Waals surface area (Å²) in [7, 11) is 1.39. The summed E-state index contributed by atoms with van der Waals surface area (Å²) >= 11 is 0. The summed E-state index contributed by atoms with van der Waals surface area (Å²) in [5, 5.41) is 11.0. The average Bonchev–Trinajstić information content (AvgIpc) is 2.24. The zero-order chi connectivity index (χ0) is 14.8. The van der Waals surface area contributed by atoms with E-state index in [2.05, 4.69) is 4.98 Å². The molecule has 1 amide bonds. The molecule has 0 bridgehead atoms. The fourth-order valence-corrected chi connectivity index (χ4v) is 1.42. The Hall–Kier alpha value is -2.18. The number of pyridine rings is 1. The second-order valence-electron chi connectivity index (χ2n) is 5.10. The van der Waals surface area contributed by atoms with E-state index in [9.17, 15) is 14.9 Å². The first kappa shape index (κ1) is 14.9. The molecular formula is C12H17N3O4. The van der Waals surface area contributed by atoms with E-state index < -0.39 is 16.6 Å². The number of amides is 1. The van der Waals surface area contributed by atoms with Crippen LogP contribution >= 0.6 is 0 Å². The Morgan fingerprint density at radius 2 is 2.05 bits per heavy atom. The summed E-state index contributed by atoms with van der Waals surface area (Å²) in [5.74, 6) is -0.0285. The van der Waals surface area contributed by atoms with Crippen LogP contribution in [-0.2, 0) is 4.74 Å². The predicted molar refractivity (Wildman–Crippen MR) is 70.3 cm³/mol. The van der Waals surface area contributed by atoms with Gasteiger partial charge in [-0.3, -0.25) is 15.0 Å². The number of aryl methyl sites for hydroxylation is 1. The molecular weight excluding hydrogens is 250 g/mol. The van der Waals surface area contributed by atoms with Crippen LogP contribution in [0, 0.1) is 17.0 Å². The summed E-state index contributed by atoms with van der Waals surface area (Å²) in [5.41, 5.74) is -0.439. The molecule has 1 heterocycles. The molecule has 7 heteroatoms. The number of rotatable bonds is 2. The van der Waals surface area contributed by atoms with Crippen molar-refractivity contribution in [2.75, 3.05) is 11.9 Å². The topological polar surface area (TPSA) is 85.6 Å². The van der Waals surface area contributed by atoms with E-state index in [-0.39, 0.29) is 11.5 Å². The van der Waals surface area contributed by atoms with Gasteiger partial charge in [-0.2, -0.15) is 0 Å². The number of anilines is 1. The van der Waals surface area contributed by atoms with Gasteiger partial charge in [0.05, 0.1) is 4.92 Å². The fourth-order valence-electron chi connectivity index (χ4n) is 1.42. The Morgan fingerprint density at radius 1 is 1.47 bits per heavy atom. The molecule has 0 aromatic carbocycles. The van der Waals surface area contributed by atoms with Crippen LogP contribution in [0.5, 0.6) is 0 Å². The van der Waals surface area contributed by atoms with Gasteiger partial charge in [-0.25, -0.2) is 9.78 Å². The highest BCUT2D eigenvalue weighted by molar-refractivity contribution is 5.89. The summed E-state index contributed by atoms with van der Waals surface area (Å²) in [6.45, 7) is 6.75. The zero-order valence-electron chi connectivity index (χ0n) is 11.6. The minimum Gasteiger partial charge on any atom is -0.443 e. The van der Waals surface area contributed by atoms with Gasteiger partial charge in [0.15, 0.2) is 0 Å². The van der Waals surface area contributed by atoms with Crippen molar-refractivity contribution in [3.63, 3.8) is 0 Å². The van der Waals surface area contributed by atoms with Gasteiger partial charge in [-0.15, -0.1) is 0 Å². The third-order valence-corrected chi connectivity index (χ3v) is 2.27. The molecule has 1 aromatic heterocycles. The Bertz CT molecular complexity index is 508. The van der Waals surface area contributed by atoms with Crippen LogP contribution in [0.2, 0.25) is 0 Å². The molecule has 0 atom stereocenters. The Kier molecular flexibility index (Phi) is 4.08. The molecule has 0 N–H and O–H groups in total. The van der Waals surface area contributed by atoms with Crippen molar-refractivity contribution in [3.8, 4) is 0 Å². The first-order valence-electron chi connectivity index (χ1n) is 5.70. The molecule has 0 saturated heterocycles. The maximum atomic E-state index is 11.9. The molecule has 7 nitrogen and oxygen atoms in total. The molecule has 0 fully saturated rings. The fraction of sp³-hybridized carbons (Fsp3) is 0.500. The molecule has 0 aliphatic heterocycles. The molecule has 0 unspecified atom stereocenters. The molecule has 104 valence electrons. The zero-order valence-corrected chi connectivity index (χ0v) is 11.6. The van der Waals surface area contributed by atoms with E-state index in [1.165, 1.54) is 19.3 Å². The van der Waals surface area contributed by atoms with Crippen LogP contribution in [0.4, 0.5) is 16.3 Å². The smallest absolute Gasteiger partial charge is 0.415 e. The van der Waals surface area contributed by atoms with Gasteiger partial charge in [-0.05, 0) is 33.8 Å². The number of aromatic nitrogens is 1. The van der Waals surface area contributed by atoms with Crippen molar-refractivity contribution in [1.29, 1.82) is 0 Å². The summed E-state index contributed by atoms with van der Waals surface area (Å²) < 4.78 is 5.15. The van der Waals surface area contributed by atoms with E-state index in [1.807, 2.05) is 0 Å². The van der Waals surface area contributed by atoms with Gasteiger partial charge >= 0.3 is 11.8 Å². The lowest BCUT2D eigenvalue weighted by molar-refractivity contribution is -0.384. The van der Waals surface area contributed by atoms with Crippen LogP contribution in [0.25, 0.3) is 0 Å². The lowest BCUT2D eigenvalue weighted by Gasteiger charge is -2.24. The van der Waals surface area contributed by atoms with E-state index >= 15 is 0 Å². The summed E-state index contributed by atoms with van der Waals surface area (Å²) in [6.07, 6.45) is 0.729. The lowest BCUT2D eigenvalue weighted by atomic mass is 10.2. The highest BCUT2D eigenvalue weighted by atomic mass is 16.6. The van der Waals surface area contributed by atoms with Crippen LogP contribution in [0.1, 0.15) is 26.3 Å². The van der Waals surface area contributed by atoms with Gasteiger partial charge in [0.2, 0.25) is 5.82 Å². The van der Waals surface area contributed by atoms with Crippen LogP contribution in [0.15, 0.2) is 12.3 Å². The van der Waals surface area contributed by atoms with Crippen LogP contribution in [-0.4, -0.2) is 28.6 Å². The minimum absolute atomic E-state index is 0.0285. The number of hydrogen-bond donors (Lipinski definition) is 0. The standard InChI is InChI=1S/C12H17N3O4/c1-8-6-7-13-10(9(8)15(17)18)14(5)11(16)19-12(2,3)4/h6-7H,1-5H3. The van der Waals surface area contributed by atoms with Crippen molar-refractivity contribution >= 4 is 17.6 Å². The number of hydrogen-bond acceptors (Lipinski definition) is 5. The highest BCUT2D eigenvalue weighted by Crippen LogP contribution is 2.28. The molecule has 0 aliphatic rings. The number of ether oxygens (including phenoxy) is 1. The van der Waals surface area contributed by atoms with Crippen molar-refractivity contribution in [1.82, 2.24) is 4.98 Å². The van der Waals surface area contributed by atoms with Gasteiger partial charge < -0.3 is 4.74 Å². The Morgan fingerprint density at radius 3 is 2.53 bits per heavy atom. The number of carbonyl (C=O) groups excluding carboxylic acids is 1. The highest BCUT2D eigenvalue weighted by Gasteiger charge is 2.28. The summed E-state index contributed by atoms with van der Waals surface area (Å²) in [4.78, 5) is 27.3. The second-order valence-corrected chi connectivity index (χ2v) is 5.10. The maximum Gasteiger partial charge on any atom is 0.415 e. The molecule has 0 saturated carbocycles. The van der Waals surface area contributed by atoms with E-state index in [0.717, 1.165) is 4.90 Å². The monoisotopic (exact) mass is 267 g/mol. The third kappa shape index (κ3) is 3.64. The number of carbonyl (C=O) groups is 1. The van der Waals surface area contributed by atoms with Gasteiger partial charge in [0, 0.05) is 18.8 Å². The Labute approximate surface area is 111 Å². The molecule has 1 rings (SSSR count). The molecule has 1 aromatic rings. The van der Waals surface area contributed by atoms with Crippen LogP contribution < -0.4 is 4.90 Å². The minimum atomic E-state index is -0.686. The van der Waals surface area contributed by atoms with Crippen LogP contribution in [0.3, 0.4) is 0 Å². The molecule has 19 heavy (non-hydrogen) atoms. The number of nitro groups is 1. The number of nitrogens with zero attached hydrogens (tertiary/aromatic N) is 3. The predicted octanol–water partition coefficient (Wildman–Crippen LogP) is 2.67. The lowest BCUT2D eigenvalue weighted by Crippen LogP contribution is -2.35. The van der Waals surface area contributed by atoms with E-state index in [4.69, 9.17) is 4.74 Å². The van der Waals surface area contributed by atoms with Crippen molar-refractivity contribution < 1.29 is 14.5 Å². The summed E-state index contributed by atoms with van der Waals surface area (Å²) in [6, 6.07) is 1.52.